The van der Waals surface area contributed by atoms with E-state index in [0.29, 0.717) is 6.04 Å². The summed E-state index contributed by atoms with van der Waals surface area (Å²) in [4.78, 5) is 10.5. The molecule has 1 rings (SSSR count). The fourth-order valence-corrected chi connectivity index (χ4v) is 1.47. The Morgan fingerprint density at radius 2 is 2.30 bits per heavy atom. The average molecular weight is 137 g/mol. The highest BCUT2D eigenvalue weighted by molar-refractivity contribution is 6.90. The van der Waals surface area contributed by atoms with Crippen molar-refractivity contribution in [2.75, 3.05) is 0 Å². The molecule has 1 amide bonds. The number of amides is 1. The first kappa shape index (κ1) is 7.70. The Balaban J connectivity index is 2.08. The third kappa shape index (κ3) is 1.79. The third-order valence-corrected chi connectivity index (χ3v) is 2.22. The fourth-order valence-electron chi connectivity index (χ4n) is 1.47. The van der Waals surface area contributed by atoms with Crippen molar-refractivity contribution in [1.82, 2.24) is 5.32 Å². The van der Waals surface area contributed by atoms with E-state index < -0.39 is 0 Å². The van der Waals surface area contributed by atoms with Gasteiger partial charge in [0.15, 0.2) is 0 Å². The van der Waals surface area contributed by atoms with Gasteiger partial charge in [0, 0.05) is 13.0 Å². The van der Waals surface area contributed by atoms with Crippen LogP contribution in [0.25, 0.3) is 0 Å². The molecule has 1 fully saturated rings. The SMILES string of the molecule is BBC1CC(NC(C)=O)C1. The van der Waals surface area contributed by atoms with Gasteiger partial charge in [0.25, 0.3) is 0 Å². The van der Waals surface area contributed by atoms with Crippen LogP contribution in [0.1, 0.15) is 19.8 Å². The quantitative estimate of drug-likeness (QED) is 0.488. The molecular weight excluding hydrogens is 124 g/mol. The maximum atomic E-state index is 10.5. The Labute approximate surface area is 63.4 Å². The van der Waals surface area contributed by atoms with Gasteiger partial charge in [0.2, 0.25) is 5.91 Å². The second kappa shape index (κ2) is 3.13. The summed E-state index contributed by atoms with van der Waals surface area (Å²) in [5.41, 5.74) is 0. The van der Waals surface area contributed by atoms with Crippen LogP contribution in [-0.4, -0.2) is 26.9 Å². The molecule has 2 nitrogen and oxygen atoms in total. The van der Waals surface area contributed by atoms with E-state index in [1.807, 2.05) is 0 Å². The standard InChI is InChI=1S/C6H13B2NO/c1-4(10)9-6-2-5(3-6)8-7/h5-6,8H,2-3,7H2,1H3,(H,9,10). The van der Waals surface area contributed by atoms with Crippen LogP contribution in [0.15, 0.2) is 0 Å². The van der Waals surface area contributed by atoms with Crippen LogP contribution in [0.4, 0.5) is 0 Å². The smallest absolute Gasteiger partial charge is 0.217 e. The number of nitrogens with one attached hydrogen (secondary N) is 1. The molecule has 0 spiro atoms. The molecule has 0 saturated heterocycles. The zero-order valence-corrected chi connectivity index (χ0v) is 6.68. The molecule has 0 bridgehead atoms. The van der Waals surface area contributed by atoms with Gasteiger partial charge in [-0.2, -0.15) is 0 Å². The lowest BCUT2D eigenvalue weighted by Crippen LogP contribution is -2.42. The summed E-state index contributed by atoms with van der Waals surface area (Å²) in [6.45, 7) is 1.58. The van der Waals surface area contributed by atoms with E-state index in [-0.39, 0.29) is 5.91 Å². The van der Waals surface area contributed by atoms with Gasteiger partial charge in [-0.3, -0.25) is 4.79 Å². The van der Waals surface area contributed by atoms with E-state index in [0.717, 1.165) is 5.82 Å². The molecule has 0 aromatic rings. The van der Waals surface area contributed by atoms with Gasteiger partial charge >= 0.3 is 0 Å². The molecule has 1 aliphatic carbocycles. The van der Waals surface area contributed by atoms with E-state index in [1.165, 1.54) is 20.0 Å². The van der Waals surface area contributed by atoms with Crippen molar-refractivity contribution >= 4 is 20.8 Å². The van der Waals surface area contributed by atoms with Crippen molar-refractivity contribution in [1.29, 1.82) is 0 Å². The number of hydrogen-bond acceptors (Lipinski definition) is 1. The predicted molar refractivity (Wildman–Crippen MR) is 46.3 cm³/mol. The minimum absolute atomic E-state index is 0.111. The molecule has 0 atom stereocenters. The van der Waals surface area contributed by atoms with Gasteiger partial charge in [0.05, 0.1) is 14.9 Å². The molecule has 0 aromatic heterocycles. The summed E-state index contributed by atoms with van der Waals surface area (Å²) in [7, 11) is 3.46. The normalized spacial score (nSPS) is 30.5. The molecular formula is C6H13B2NO. The summed E-state index contributed by atoms with van der Waals surface area (Å²) in [6, 6.07) is 0.488. The number of rotatable bonds is 2. The Kier molecular flexibility index (Phi) is 2.41. The number of hydrogen-bond donors (Lipinski definition) is 1. The van der Waals surface area contributed by atoms with Crippen molar-refractivity contribution in [2.45, 2.75) is 31.6 Å². The fraction of sp³-hybridized carbons (Fsp3) is 0.833. The molecule has 10 heavy (non-hydrogen) atoms. The highest BCUT2D eigenvalue weighted by atomic mass is 16.1. The van der Waals surface area contributed by atoms with Gasteiger partial charge in [-0.1, -0.05) is 5.82 Å². The third-order valence-electron chi connectivity index (χ3n) is 2.22. The maximum absolute atomic E-state index is 10.5. The summed E-state index contributed by atoms with van der Waals surface area (Å²) >= 11 is 0. The summed E-state index contributed by atoms with van der Waals surface area (Å²) < 4.78 is 0. The van der Waals surface area contributed by atoms with E-state index in [2.05, 4.69) is 13.1 Å². The van der Waals surface area contributed by atoms with Crippen molar-refractivity contribution in [3.8, 4) is 0 Å². The molecule has 0 heterocycles. The molecule has 0 aromatic carbocycles. The molecule has 54 valence electrons. The molecule has 1 saturated carbocycles. The summed E-state index contributed by atoms with van der Waals surface area (Å²) in [5, 5.41) is 2.90. The van der Waals surface area contributed by atoms with Gasteiger partial charge < -0.3 is 5.32 Å². The summed E-state index contributed by atoms with van der Waals surface area (Å²) in [6.07, 6.45) is 2.38. The topological polar surface area (TPSA) is 29.1 Å². The maximum Gasteiger partial charge on any atom is 0.217 e. The van der Waals surface area contributed by atoms with Crippen LogP contribution in [0, 0.1) is 0 Å². The van der Waals surface area contributed by atoms with Gasteiger partial charge in [-0.25, -0.2) is 0 Å². The largest absolute Gasteiger partial charge is 0.354 e. The second-order valence-electron chi connectivity index (χ2n) is 3.14. The number of carbonyl (C=O) groups is 1. The molecule has 4 heteroatoms. The highest BCUT2D eigenvalue weighted by Gasteiger charge is 2.27. The molecule has 0 unspecified atom stereocenters. The van der Waals surface area contributed by atoms with Crippen LogP contribution in [-0.2, 0) is 4.79 Å². The van der Waals surface area contributed by atoms with Crippen molar-refractivity contribution in [2.24, 2.45) is 0 Å². The van der Waals surface area contributed by atoms with Crippen LogP contribution in [0.5, 0.6) is 0 Å². The van der Waals surface area contributed by atoms with Crippen LogP contribution >= 0.6 is 0 Å². The Morgan fingerprint density at radius 3 is 2.70 bits per heavy atom. The predicted octanol–water partition coefficient (Wildman–Crippen LogP) is -0.942. The zero-order chi connectivity index (χ0) is 7.56. The first-order chi connectivity index (χ1) is 4.72. The summed E-state index contributed by atoms with van der Waals surface area (Å²) in [5.74, 6) is 0.983. The van der Waals surface area contributed by atoms with Crippen molar-refractivity contribution < 1.29 is 4.79 Å². The van der Waals surface area contributed by atoms with Gasteiger partial charge in [0.1, 0.15) is 0 Å². The lowest BCUT2D eigenvalue weighted by molar-refractivity contribution is -0.120. The zero-order valence-electron chi connectivity index (χ0n) is 6.68. The lowest BCUT2D eigenvalue weighted by atomic mass is 9.41. The Morgan fingerprint density at radius 1 is 1.70 bits per heavy atom. The monoisotopic (exact) mass is 137 g/mol. The van der Waals surface area contributed by atoms with E-state index in [4.69, 9.17) is 0 Å². The highest BCUT2D eigenvalue weighted by Crippen LogP contribution is 2.31. The van der Waals surface area contributed by atoms with Crippen LogP contribution in [0.3, 0.4) is 0 Å². The lowest BCUT2D eigenvalue weighted by Gasteiger charge is -2.34. The first-order valence-electron chi connectivity index (χ1n) is 3.99. The minimum atomic E-state index is 0.111. The Hall–Kier alpha value is -0.400. The van der Waals surface area contributed by atoms with Gasteiger partial charge in [-0.05, 0) is 12.8 Å². The molecule has 0 aliphatic heterocycles. The van der Waals surface area contributed by atoms with Crippen LogP contribution in [0.2, 0.25) is 5.82 Å². The van der Waals surface area contributed by atoms with E-state index in [1.54, 1.807) is 6.92 Å². The van der Waals surface area contributed by atoms with E-state index in [9.17, 15) is 4.79 Å². The minimum Gasteiger partial charge on any atom is -0.354 e. The van der Waals surface area contributed by atoms with Gasteiger partial charge in [-0.15, -0.1) is 0 Å². The molecule has 0 radical (unpaired) electrons. The Bertz CT molecular complexity index is 134. The van der Waals surface area contributed by atoms with Crippen molar-refractivity contribution in [3.05, 3.63) is 0 Å². The van der Waals surface area contributed by atoms with E-state index >= 15 is 0 Å². The molecule has 1 N–H and O–H groups in total. The van der Waals surface area contributed by atoms with Crippen molar-refractivity contribution in [3.63, 3.8) is 0 Å². The first-order valence-corrected chi connectivity index (χ1v) is 3.99. The van der Waals surface area contributed by atoms with Crippen LogP contribution < -0.4 is 5.32 Å². The number of carbonyl (C=O) groups excluding carboxylic acids is 1. The molecule has 1 aliphatic rings. The average Bonchev–Trinajstić information content (AvgIpc) is 1.76. The second-order valence-corrected chi connectivity index (χ2v) is 3.14.